The Hall–Kier alpha value is -3.55. The summed E-state index contributed by atoms with van der Waals surface area (Å²) in [5.74, 6) is 0.781. The van der Waals surface area contributed by atoms with Crippen molar-refractivity contribution in [2.75, 3.05) is 0 Å². The molecule has 8 nitrogen and oxygen atoms in total. The van der Waals surface area contributed by atoms with E-state index in [1.807, 2.05) is 43.3 Å². The first-order valence-corrected chi connectivity index (χ1v) is 9.12. The van der Waals surface area contributed by atoms with Crippen molar-refractivity contribution >= 4 is 16.9 Å². The van der Waals surface area contributed by atoms with Crippen LogP contribution in [0, 0.1) is 12.8 Å². The zero-order chi connectivity index (χ0) is 19.7. The molecule has 0 aliphatic rings. The largest absolute Gasteiger partial charge is 0.342 e. The van der Waals surface area contributed by atoms with Gasteiger partial charge in [-0.1, -0.05) is 26.0 Å². The van der Waals surface area contributed by atoms with Crippen LogP contribution < -0.4 is 5.32 Å². The number of nitrogens with zero attached hydrogens (tertiary/aromatic N) is 5. The van der Waals surface area contributed by atoms with Gasteiger partial charge in [0.15, 0.2) is 0 Å². The summed E-state index contributed by atoms with van der Waals surface area (Å²) in [6.07, 6.45) is 1.53. The van der Waals surface area contributed by atoms with E-state index >= 15 is 0 Å². The van der Waals surface area contributed by atoms with Gasteiger partial charge in [-0.05, 0) is 59.2 Å². The van der Waals surface area contributed by atoms with Crippen LogP contribution in [0.4, 0.5) is 0 Å². The number of aromatic nitrogens is 6. The molecule has 2 heterocycles. The van der Waals surface area contributed by atoms with E-state index in [0.29, 0.717) is 5.56 Å². The molecule has 0 fully saturated rings. The van der Waals surface area contributed by atoms with Crippen molar-refractivity contribution < 1.29 is 4.79 Å². The van der Waals surface area contributed by atoms with Crippen LogP contribution >= 0.6 is 0 Å². The monoisotopic (exact) mass is 375 g/mol. The number of benzene rings is 2. The number of tetrazole rings is 1. The molecule has 0 saturated heterocycles. The van der Waals surface area contributed by atoms with Gasteiger partial charge in [-0.15, -0.1) is 5.10 Å². The van der Waals surface area contributed by atoms with Crippen LogP contribution in [0.1, 0.15) is 41.6 Å². The number of imidazole rings is 1. The van der Waals surface area contributed by atoms with Crippen LogP contribution in [0.25, 0.3) is 16.7 Å². The van der Waals surface area contributed by atoms with E-state index in [0.717, 1.165) is 28.1 Å². The Labute approximate surface area is 162 Å². The maximum Gasteiger partial charge on any atom is 0.251 e. The fraction of sp³-hybridized carbons (Fsp3) is 0.250. The lowest BCUT2D eigenvalue weighted by atomic mass is 10.0. The number of hydrogen-bond donors (Lipinski definition) is 2. The SMILES string of the molecule is Cc1cc(C(=O)NC(c2nc3ccccc3[nH]2)C(C)C)ccc1-n1cnnn1. The summed E-state index contributed by atoms with van der Waals surface area (Å²) in [5.41, 5.74) is 4.16. The van der Waals surface area contributed by atoms with Crippen LogP contribution in [0.2, 0.25) is 0 Å². The Balaban J connectivity index is 1.59. The Morgan fingerprint density at radius 3 is 2.68 bits per heavy atom. The van der Waals surface area contributed by atoms with E-state index in [1.165, 1.54) is 6.33 Å². The second-order valence-corrected chi connectivity index (χ2v) is 7.09. The standard InChI is InChI=1S/C20H21N7O/c1-12(2)18(19-22-15-6-4-5-7-16(15)23-19)24-20(28)14-8-9-17(13(3)10-14)27-11-21-25-26-27/h4-12,18H,1-3H3,(H,22,23)(H,24,28). The smallest absolute Gasteiger partial charge is 0.251 e. The van der Waals surface area contributed by atoms with Gasteiger partial charge in [-0.25, -0.2) is 9.67 Å². The van der Waals surface area contributed by atoms with Crippen LogP contribution in [-0.4, -0.2) is 36.1 Å². The number of amides is 1. The van der Waals surface area contributed by atoms with Gasteiger partial charge in [0, 0.05) is 5.56 Å². The molecule has 2 N–H and O–H groups in total. The molecule has 0 aliphatic heterocycles. The Morgan fingerprint density at radius 1 is 1.18 bits per heavy atom. The highest BCUT2D eigenvalue weighted by Gasteiger charge is 2.22. The van der Waals surface area contributed by atoms with Gasteiger partial charge in [-0.3, -0.25) is 4.79 Å². The molecule has 0 radical (unpaired) electrons. The molecule has 2 aromatic carbocycles. The number of rotatable bonds is 5. The van der Waals surface area contributed by atoms with E-state index in [9.17, 15) is 4.79 Å². The average molecular weight is 375 g/mol. The Kier molecular flexibility index (Phi) is 4.60. The first-order chi connectivity index (χ1) is 13.5. The van der Waals surface area contributed by atoms with Gasteiger partial charge in [0.2, 0.25) is 0 Å². The quantitative estimate of drug-likeness (QED) is 0.558. The fourth-order valence-corrected chi connectivity index (χ4v) is 3.22. The summed E-state index contributed by atoms with van der Waals surface area (Å²) in [6.45, 7) is 6.04. The normalized spacial score (nSPS) is 12.4. The van der Waals surface area contributed by atoms with Crippen LogP contribution in [0.15, 0.2) is 48.8 Å². The number of carbonyl (C=O) groups is 1. The minimum Gasteiger partial charge on any atom is -0.342 e. The summed E-state index contributed by atoms with van der Waals surface area (Å²) < 4.78 is 1.57. The molecule has 0 spiro atoms. The first-order valence-electron chi connectivity index (χ1n) is 9.12. The molecule has 0 bridgehead atoms. The molecule has 0 aliphatic carbocycles. The molecule has 4 rings (SSSR count). The van der Waals surface area contributed by atoms with Gasteiger partial charge in [0.1, 0.15) is 12.2 Å². The highest BCUT2D eigenvalue weighted by Crippen LogP contribution is 2.23. The van der Waals surface area contributed by atoms with Crippen LogP contribution in [0.5, 0.6) is 0 Å². The minimum atomic E-state index is -0.223. The predicted molar refractivity (Wildman–Crippen MR) is 105 cm³/mol. The number of H-pyrrole nitrogens is 1. The fourth-order valence-electron chi connectivity index (χ4n) is 3.22. The molecule has 142 valence electrons. The number of aromatic amines is 1. The minimum absolute atomic E-state index is 0.148. The molecule has 8 heteroatoms. The Bertz CT molecular complexity index is 1080. The summed E-state index contributed by atoms with van der Waals surface area (Å²) >= 11 is 0. The average Bonchev–Trinajstić information content (AvgIpc) is 3.35. The molecule has 0 saturated carbocycles. The second-order valence-electron chi connectivity index (χ2n) is 7.09. The maximum absolute atomic E-state index is 12.9. The van der Waals surface area contributed by atoms with E-state index in [1.54, 1.807) is 10.7 Å². The number of hydrogen-bond acceptors (Lipinski definition) is 5. The molecular formula is C20H21N7O. The highest BCUT2D eigenvalue weighted by atomic mass is 16.1. The van der Waals surface area contributed by atoms with Crippen molar-refractivity contribution in [3.8, 4) is 5.69 Å². The van der Waals surface area contributed by atoms with Crippen molar-refractivity contribution in [2.24, 2.45) is 5.92 Å². The highest BCUT2D eigenvalue weighted by molar-refractivity contribution is 5.95. The molecule has 4 aromatic rings. The van der Waals surface area contributed by atoms with Crippen molar-refractivity contribution in [3.63, 3.8) is 0 Å². The van der Waals surface area contributed by atoms with Crippen molar-refractivity contribution in [1.29, 1.82) is 0 Å². The molecule has 28 heavy (non-hydrogen) atoms. The third kappa shape index (κ3) is 3.36. The molecule has 1 amide bonds. The van der Waals surface area contributed by atoms with Gasteiger partial charge in [-0.2, -0.15) is 0 Å². The van der Waals surface area contributed by atoms with Crippen molar-refractivity contribution in [3.05, 3.63) is 65.7 Å². The predicted octanol–water partition coefficient (Wildman–Crippen LogP) is 2.97. The van der Waals surface area contributed by atoms with E-state index in [2.05, 4.69) is 44.7 Å². The zero-order valence-electron chi connectivity index (χ0n) is 15.9. The topological polar surface area (TPSA) is 101 Å². The molecular weight excluding hydrogens is 354 g/mol. The third-order valence-corrected chi connectivity index (χ3v) is 4.71. The van der Waals surface area contributed by atoms with Crippen molar-refractivity contribution in [2.45, 2.75) is 26.8 Å². The van der Waals surface area contributed by atoms with Crippen molar-refractivity contribution in [1.82, 2.24) is 35.5 Å². The lowest BCUT2D eigenvalue weighted by molar-refractivity contribution is 0.0923. The molecule has 1 unspecified atom stereocenters. The number of nitrogens with one attached hydrogen (secondary N) is 2. The van der Waals surface area contributed by atoms with Crippen LogP contribution in [-0.2, 0) is 0 Å². The van der Waals surface area contributed by atoms with E-state index in [-0.39, 0.29) is 17.9 Å². The van der Waals surface area contributed by atoms with Crippen LogP contribution in [0.3, 0.4) is 0 Å². The summed E-state index contributed by atoms with van der Waals surface area (Å²) in [5, 5.41) is 14.3. The maximum atomic E-state index is 12.9. The van der Waals surface area contributed by atoms with Gasteiger partial charge < -0.3 is 10.3 Å². The lowest BCUT2D eigenvalue weighted by Crippen LogP contribution is -2.32. The summed E-state index contributed by atoms with van der Waals surface area (Å²) in [4.78, 5) is 20.9. The van der Waals surface area contributed by atoms with E-state index < -0.39 is 0 Å². The molecule has 1 atom stereocenters. The summed E-state index contributed by atoms with van der Waals surface area (Å²) in [7, 11) is 0. The van der Waals surface area contributed by atoms with Gasteiger partial charge >= 0.3 is 0 Å². The number of para-hydroxylation sites is 2. The van der Waals surface area contributed by atoms with E-state index in [4.69, 9.17) is 0 Å². The van der Waals surface area contributed by atoms with Gasteiger partial charge in [0.25, 0.3) is 5.91 Å². The molecule has 2 aromatic heterocycles. The lowest BCUT2D eigenvalue weighted by Gasteiger charge is -2.20. The number of aryl methyl sites for hydroxylation is 1. The zero-order valence-corrected chi connectivity index (χ0v) is 15.9. The Morgan fingerprint density at radius 2 is 2.00 bits per heavy atom. The second kappa shape index (κ2) is 7.22. The first kappa shape index (κ1) is 17.8. The van der Waals surface area contributed by atoms with Gasteiger partial charge in [0.05, 0.1) is 22.8 Å². The summed E-state index contributed by atoms with van der Waals surface area (Å²) in [6, 6.07) is 13.1. The number of carbonyl (C=O) groups excluding carboxylic acids is 1. The third-order valence-electron chi connectivity index (χ3n) is 4.71. The number of fused-ring (bicyclic) bond motifs is 1.